The van der Waals surface area contributed by atoms with Crippen LogP contribution in [-0.2, 0) is 7.05 Å². The van der Waals surface area contributed by atoms with Crippen molar-refractivity contribution in [3.63, 3.8) is 0 Å². The molecule has 0 saturated carbocycles. The number of rotatable bonds is 3. The van der Waals surface area contributed by atoms with Crippen LogP contribution in [0.2, 0.25) is 0 Å². The van der Waals surface area contributed by atoms with E-state index in [1.807, 2.05) is 0 Å². The van der Waals surface area contributed by atoms with Crippen LogP contribution in [0.3, 0.4) is 0 Å². The molecule has 6 heteroatoms. The third kappa shape index (κ3) is 2.98. The van der Waals surface area contributed by atoms with Crippen LogP contribution < -0.4 is 0 Å². The fourth-order valence-electron chi connectivity index (χ4n) is 1.72. The van der Waals surface area contributed by atoms with Crippen molar-refractivity contribution in [1.82, 2.24) is 9.78 Å². The summed E-state index contributed by atoms with van der Waals surface area (Å²) in [5.41, 5.74) is 1.79. The Hall–Kier alpha value is -1.04. The van der Waals surface area contributed by atoms with Crippen molar-refractivity contribution < 1.29 is 18.3 Å². The van der Waals surface area contributed by atoms with Crippen LogP contribution in [-0.4, -0.2) is 21.1 Å². The number of aryl methyl sites for hydroxylation is 2. The van der Waals surface area contributed by atoms with Gasteiger partial charge < -0.3 is 5.11 Å². The topological polar surface area (TPSA) is 38.0 Å². The van der Waals surface area contributed by atoms with E-state index in [1.54, 1.807) is 25.6 Å². The maximum atomic E-state index is 12.0. The molecule has 0 radical (unpaired) electrons. The van der Waals surface area contributed by atoms with E-state index in [0.29, 0.717) is 17.0 Å². The largest absolute Gasteiger partial charge is 0.389 e. The maximum Gasteiger partial charge on any atom is 0.389 e. The van der Waals surface area contributed by atoms with Crippen molar-refractivity contribution >= 4 is 0 Å². The molecule has 0 saturated heterocycles. The zero-order valence-corrected chi connectivity index (χ0v) is 9.47. The first-order valence-electron chi connectivity index (χ1n) is 4.97. The first kappa shape index (κ1) is 13.0. The third-order valence-corrected chi connectivity index (χ3v) is 2.60. The van der Waals surface area contributed by atoms with E-state index >= 15 is 0 Å². The van der Waals surface area contributed by atoms with Crippen LogP contribution in [0.5, 0.6) is 0 Å². The van der Waals surface area contributed by atoms with E-state index < -0.39 is 18.7 Å². The fraction of sp³-hybridized carbons (Fsp3) is 0.700. The van der Waals surface area contributed by atoms with Gasteiger partial charge in [-0.25, -0.2) is 0 Å². The van der Waals surface area contributed by atoms with Crippen molar-refractivity contribution in [2.24, 2.45) is 7.05 Å². The van der Waals surface area contributed by atoms with Gasteiger partial charge in [0.1, 0.15) is 0 Å². The number of alkyl halides is 3. The molecule has 0 aliphatic heterocycles. The molecular formula is C10H15F3N2O. The van der Waals surface area contributed by atoms with Crippen molar-refractivity contribution in [2.45, 2.75) is 39.0 Å². The molecule has 0 bridgehead atoms. The second kappa shape index (κ2) is 4.45. The van der Waals surface area contributed by atoms with E-state index in [4.69, 9.17) is 0 Å². The summed E-state index contributed by atoms with van der Waals surface area (Å²) in [6.07, 6.45) is -6.64. The van der Waals surface area contributed by atoms with Gasteiger partial charge in [0.05, 0.1) is 11.8 Å². The van der Waals surface area contributed by atoms with Crippen LogP contribution in [0.15, 0.2) is 0 Å². The molecule has 0 aliphatic carbocycles. The summed E-state index contributed by atoms with van der Waals surface area (Å²) in [6, 6.07) is 0. The molecule has 0 aromatic carbocycles. The van der Waals surface area contributed by atoms with Gasteiger partial charge in [-0.3, -0.25) is 4.68 Å². The Morgan fingerprint density at radius 1 is 1.38 bits per heavy atom. The molecule has 0 aliphatic rings. The number of aliphatic hydroxyl groups excluding tert-OH is 1. The summed E-state index contributed by atoms with van der Waals surface area (Å²) < 4.78 is 37.6. The van der Waals surface area contributed by atoms with Crippen LogP contribution in [0.25, 0.3) is 0 Å². The normalized spacial score (nSPS) is 14.2. The molecule has 92 valence electrons. The van der Waals surface area contributed by atoms with Crippen molar-refractivity contribution in [1.29, 1.82) is 0 Å². The van der Waals surface area contributed by atoms with Crippen LogP contribution in [0.4, 0.5) is 13.2 Å². The van der Waals surface area contributed by atoms with Crippen molar-refractivity contribution in [3.8, 4) is 0 Å². The van der Waals surface area contributed by atoms with Gasteiger partial charge in [0.2, 0.25) is 0 Å². The van der Waals surface area contributed by atoms with E-state index in [0.717, 1.165) is 0 Å². The van der Waals surface area contributed by atoms with Crippen LogP contribution in [0.1, 0.15) is 35.9 Å². The lowest BCUT2D eigenvalue weighted by molar-refractivity contribution is -0.140. The molecule has 1 aromatic rings. The monoisotopic (exact) mass is 236 g/mol. The molecule has 16 heavy (non-hydrogen) atoms. The highest BCUT2D eigenvalue weighted by Crippen LogP contribution is 2.30. The highest BCUT2D eigenvalue weighted by Gasteiger charge is 2.29. The average Bonchev–Trinajstić information content (AvgIpc) is 2.36. The number of aliphatic hydroxyl groups is 1. The lowest BCUT2D eigenvalue weighted by atomic mass is 10.0. The van der Waals surface area contributed by atoms with Gasteiger partial charge in [0.15, 0.2) is 0 Å². The Labute approximate surface area is 91.9 Å². The molecule has 1 rings (SSSR count). The Kier molecular flexibility index (Phi) is 3.62. The summed E-state index contributed by atoms with van der Waals surface area (Å²) >= 11 is 0. The third-order valence-electron chi connectivity index (χ3n) is 2.60. The predicted octanol–water partition coefficient (Wildman–Crippen LogP) is 2.41. The van der Waals surface area contributed by atoms with Gasteiger partial charge in [0, 0.05) is 24.7 Å². The molecule has 1 heterocycles. The molecule has 3 nitrogen and oxygen atoms in total. The van der Waals surface area contributed by atoms with Gasteiger partial charge >= 0.3 is 6.18 Å². The first-order chi connectivity index (χ1) is 7.22. The molecule has 0 fully saturated rings. The Balaban J connectivity index is 2.77. The SMILES string of the molecule is Cc1nn(C)c(C)c1C(O)CCC(F)(F)F. The number of halogens is 3. The summed E-state index contributed by atoms with van der Waals surface area (Å²) in [7, 11) is 1.70. The minimum absolute atomic E-state index is 0.323. The molecule has 1 aromatic heterocycles. The van der Waals surface area contributed by atoms with E-state index in [9.17, 15) is 18.3 Å². The summed E-state index contributed by atoms with van der Waals surface area (Å²) in [6.45, 7) is 3.41. The highest BCUT2D eigenvalue weighted by atomic mass is 19.4. The minimum Gasteiger partial charge on any atom is -0.388 e. The smallest absolute Gasteiger partial charge is 0.388 e. The van der Waals surface area contributed by atoms with Gasteiger partial charge in [-0.05, 0) is 20.3 Å². The van der Waals surface area contributed by atoms with Crippen molar-refractivity contribution in [3.05, 3.63) is 17.0 Å². The molecule has 1 N–H and O–H groups in total. The summed E-state index contributed by atoms with van der Waals surface area (Å²) in [5.74, 6) is 0. The molecule has 1 unspecified atom stereocenters. The number of hydrogen-bond acceptors (Lipinski definition) is 2. The summed E-state index contributed by atoms with van der Waals surface area (Å²) in [4.78, 5) is 0. The second-order valence-electron chi connectivity index (χ2n) is 3.88. The molecule has 1 atom stereocenters. The summed E-state index contributed by atoms with van der Waals surface area (Å²) in [5, 5.41) is 13.8. The predicted molar refractivity (Wildman–Crippen MR) is 52.9 cm³/mol. The minimum atomic E-state index is -4.23. The van der Waals surface area contributed by atoms with E-state index in [-0.39, 0.29) is 6.42 Å². The lowest BCUT2D eigenvalue weighted by Crippen LogP contribution is -2.11. The van der Waals surface area contributed by atoms with E-state index in [1.165, 1.54) is 0 Å². The second-order valence-corrected chi connectivity index (χ2v) is 3.88. The highest BCUT2D eigenvalue weighted by molar-refractivity contribution is 5.26. The van der Waals surface area contributed by atoms with Crippen LogP contribution >= 0.6 is 0 Å². The standard InChI is InChI=1S/C10H15F3N2O/c1-6-9(7(2)15(3)14-6)8(16)4-5-10(11,12)13/h8,16H,4-5H2,1-3H3. The maximum absolute atomic E-state index is 12.0. The van der Waals surface area contributed by atoms with Gasteiger partial charge in [-0.15, -0.1) is 0 Å². The van der Waals surface area contributed by atoms with Crippen LogP contribution in [0, 0.1) is 13.8 Å². The van der Waals surface area contributed by atoms with Gasteiger partial charge in [0.25, 0.3) is 0 Å². The number of aromatic nitrogens is 2. The van der Waals surface area contributed by atoms with Crippen molar-refractivity contribution in [2.75, 3.05) is 0 Å². The quantitative estimate of drug-likeness (QED) is 0.875. The molecule has 0 spiro atoms. The van der Waals surface area contributed by atoms with Gasteiger partial charge in [-0.2, -0.15) is 18.3 Å². The average molecular weight is 236 g/mol. The Morgan fingerprint density at radius 3 is 2.31 bits per heavy atom. The first-order valence-corrected chi connectivity index (χ1v) is 4.97. The number of nitrogens with zero attached hydrogens (tertiary/aromatic N) is 2. The van der Waals surface area contributed by atoms with Gasteiger partial charge in [-0.1, -0.05) is 0 Å². The number of hydrogen-bond donors (Lipinski definition) is 1. The zero-order valence-electron chi connectivity index (χ0n) is 9.47. The fourth-order valence-corrected chi connectivity index (χ4v) is 1.72. The molecular weight excluding hydrogens is 221 g/mol. The Bertz CT molecular complexity index is 371. The lowest BCUT2D eigenvalue weighted by Gasteiger charge is -2.12. The Morgan fingerprint density at radius 2 is 1.94 bits per heavy atom. The zero-order chi connectivity index (χ0) is 12.5. The molecule has 0 amide bonds. The van der Waals surface area contributed by atoms with E-state index in [2.05, 4.69) is 5.10 Å².